The summed E-state index contributed by atoms with van der Waals surface area (Å²) in [6, 6.07) is 16.6. The Morgan fingerprint density at radius 3 is 2.44 bits per heavy atom. The van der Waals surface area contributed by atoms with Crippen LogP contribution in [0.1, 0.15) is 25.8 Å². The highest BCUT2D eigenvalue weighted by molar-refractivity contribution is 8.00. The van der Waals surface area contributed by atoms with Crippen molar-refractivity contribution >= 4 is 35.2 Å². The summed E-state index contributed by atoms with van der Waals surface area (Å²) < 4.78 is 0. The van der Waals surface area contributed by atoms with Gasteiger partial charge in [0.25, 0.3) is 0 Å². The van der Waals surface area contributed by atoms with Crippen molar-refractivity contribution in [3.63, 3.8) is 0 Å². The third kappa shape index (κ3) is 6.60. The summed E-state index contributed by atoms with van der Waals surface area (Å²) in [5, 5.41) is 3.46. The highest BCUT2D eigenvalue weighted by atomic mass is 35.5. The summed E-state index contributed by atoms with van der Waals surface area (Å²) in [4.78, 5) is 28.0. The lowest BCUT2D eigenvalue weighted by molar-refractivity contribution is -0.138. The number of thioether (sulfide) groups is 1. The van der Waals surface area contributed by atoms with Gasteiger partial charge in [0.05, 0.1) is 5.75 Å². The van der Waals surface area contributed by atoms with E-state index in [2.05, 4.69) is 5.32 Å². The fourth-order valence-electron chi connectivity index (χ4n) is 2.53. The lowest BCUT2D eigenvalue weighted by atomic mass is 10.1. The lowest BCUT2D eigenvalue weighted by Gasteiger charge is -2.29. The second kappa shape index (κ2) is 11.0. The van der Waals surface area contributed by atoms with Gasteiger partial charge in [0.1, 0.15) is 6.04 Å². The Balaban J connectivity index is 2.13. The first-order valence-electron chi connectivity index (χ1n) is 9.01. The monoisotopic (exact) mass is 404 g/mol. The van der Waals surface area contributed by atoms with Crippen molar-refractivity contribution in [1.82, 2.24) is 10.2 Å². The Bertz CT molecular complexity index is 755. The number of carbonyl (C=O) groups is 2. The molecule has 2 rings (SSSR count). The van der Waals surface area contributed by atoms with Crippen LogP contribution in [-0.4, -0.2) is 35.1 Å². The zero-order valence-corrected chi connectivity index (χ0v) is 17.2. The van der Waals surface area contributed by atoms with Crippen LogP contribution in [0.4, 0.5) is 0 Å². The Labute approximate surface area is 170 Å². The average Bonchev–Trinajstić information content (AvgIpc) is 2.70. The predicted molar refractivity (Wildman–Crippen MR) is 112 cm³/mol. The quantitative estimate of drug-likeness (QED) is 0.631. The fraction of sp³-hybridized carbons (Fsp3) is 0.333. The van der Waals surface area contributed by atoms with Gasteiger partial charge in [0, 0.05) is 23.0 Å². The van der Waals surface area contributed by atoms with Crippen molar-refractivity contribution in [2.75, 3.05) is 12.3 Å². The number of benzene rings is 2. The minimum absolute atomic E-state index is 0.0945. The molecule has 6 heteroatoms. The topological polar surface area (TPSA) is 49.4 Å². The maximum atomic E-state index is 12.9. The van der Waals surface area contributed by atoms with Gasteiger partial charge in [0.2, 0.25) is 11.8 Å². The highest BCUT2D eigenvalue weighted by Crippen LogP contribution is 2.22. The van der Waals surface area contributed by atoms with Crippen LogP contribution in [0.3, 0.4) is 0 Å². The van der Waals surface area contributed by atoms with Crippen molar-refractivity contribution in [1.29, 1.82) is 0 Å². The van der Waals surface area contributed by atoms with Crippen LogP contribution in [0.2, 0.25) is 5.02 Å². The van der Waals surface area contributed by atoms with Gasteiger partial charge >= 0.3 is 0 Å². The van der Waals surface area contributed by atoms with E-state index in [4.69, 9.17) is 11.6 Å². The van der Waals surface area contributed by atoms with Gasteiger partial charge in [-0.25, -0.2) is 0 Å². The molecule has 0 spiro atoms. The van der Waals surface area contributed by atoms with E-state index in [0.717, 1.165) is 16.9 Å². The Morgan fingerprint density at radius 1 is 1.11 bits per heavy atom. The molecule has 0 aliphatic rings. The molecule has 0 radical (unpaired) electrons. The van der Waals surface area contributed by atoms with Gasteiger partial charge in [-0.1, -0.05) is 54.9 Å². The number of nitrogens with one attached hydrogen (secondary N) is 1. The molecule has 144 valence electrons. The lowest BCUT2D eigenvalue weighted by Crippen LogP contribution is -2.48. The molecule has 1 atom stereocenters. The molecule has 4 nitrogen and oxygen atoms in total. The third-order valence-corrected chi connectivity index (χ3v) is 5.49. The molecule has 2 aromatic rings. The smallest absolute Gasteiger partial charge is 0.242 e. The molecule has 2 aromatic carbocycles. The van der Waals surface area contributed by atoms with Crippen LogP contribution in [0.25, 0.3) is 0 Å². The first kappa shape index (κ1) is 21.3. The van der Waals surface area contributed by atoms with Crippen LogP contribution in [0, 0.1) is 0 Å². The van der Waals surface area contributed by atoms with Crippen molar-refractivity contribution in [2.45, 2.75) is 37.8 Å². The van der Waals surface area contributed by atoms with E-state index in [1.54, 1.807) is 17.9 Å². The molecule has 0 unspecified atom stereocenters. The number of halogens is 1. The molecule has 0 aliphatic heterocycles. The summed E-state index contributed by atoms with van der Waals surface area (Å²) in [6.07, 6.45) is 0.848. The zero-order valence-electron chi connectivity index (χ0n) is 15.7. The van der Waals surface area contributed by atoms with Crippen molar-refractivity contribution < 1.29 is 9.59 Å². The van der Waals surface area contributed by atoms with Crippen LogP contribution in [-0.2, 0) is 16.1 Å². The maximum Gasteiger partial charge on any atom is 0.242 e. The van der Waals surface area contributed by atoms with E-state index < -0.39 is 6.04 Å². The van der Waals surface area contributed by atoms with Gasteiger partial charge in [0.15, 0.2) is 0 Å². The van der Waals surface area contributed by atoms with E-state index in [1.165, 1.54) is 11.8 Å². The fourth-order valence-corrected chi connectivity index (χ4v) is 3.53. The first-order chi connectivity index (χ1) is 13.0. The van der Waals surface area contributed by atoms with Gasteiger partial charge in [-0.15, -0.1) is 11.8 Å². The van der Waals surface area contributed by atoms with E-state index >= 15 is 0 Å². The summed E-state index contributed by atoms with van der Waals surface area (Å²) in [5.41, 5.74) is 0.826. The molecule has 0 aromatic heterocycles. The third-order valence-electron chi connectivity index (χ3n) is 4.12. The highest BCUT2D eigenvalue weighted by Gasteiger charge is 2.26. The molecule has 0 heterocycles. The van der Waals surface area contributed by atoms with Crippen LogP contribution in [0.5, 0.6) is 0 Å². The minimum Gasteiger partial charge on any atom is -0.354 e. The minimum atomic E-state index is -0.573. The maximum absolute atomic E-state index is 12.9. The van der Waals surface area contributed by atoms with E-state index in [1.807, 2.05) is 55.5 Å². The number of amides is 2. The average molecular weight is 405 g/mol. The Kier molecular flexibility index (Phi) is 8.69. The van der Waals surface area contributed by atoms with Crippen molar-refractivity contribution in [3.8, 4) is 0 Å². The Morgan fingerprint density at radius 2 is 1.78 bits per heavy atom. The van der Waals surface area contributed by atoms with E-state index in [0.29, 0.717) is 18.1 Å². The number of hydrogen-bond donors (Lipinski definition) is 1. The van der Waals surface area contributed by atoms with Gasteiger partial charge in [-0.2, -0.15) is 0 Å². The molecule has 0 aliphatic carbocycles. The van der Waals surface area contributed by atoms with Gasteiger partial charge in [-0.3, -0.25) is 9.59 Å². The number of hydrogen-bond acceptors (Lipinski definition) is 3. The predicted octanol–water partition coefficient (Wildman–Crippen LogP) is 4.38. The van der Waals surface area contributed by atoms with E-state index in [-0.39, 0.29) is 17.6 Å². The normalized spacial score (nSPS) is 11.7. The molecular weight excluding hydrogens is 380 g/mol. The summed E-state index contributed by atoms with van der Waals surface area (Å²) in [5.74, 6) is 0.0183. The molecular formula is C21H25ClN2O2S. The Hall–Kier alpha value is -1.98. The largest absolute Gasteiger partial charge is 0.354 e. The molecule has 0 fully saturated rings. The molecule has 2 amide bonds. The second-order valence-electron chi connectivity index (χ2n) is 6.18. The number of rotatable bonds is 9. The number of carbonyl (C=O) groups excluding carboxylic acids is 2. The SMILES string of the molecule is CCCNC(=O)[C@H](C)N(Cc1ccccc1Cl)C(=O)CSc1ccccc1. The zero-order chi connectivity index (χ0) is 19.6. The summed E-state index contributed by atoms with van der Waals surface area (Å²) in [7, 11) is 0. The summed E-state index contributed by atoms with van der Waals surface area (Å²) >= 11 is 7.73. The summed E-state index contributed by atoms with van der Waals surface area (Å²) in [6.45, 7) is 4.64. The molecule has 0 bridgehead atoms. The molecule has 0 saturated carbocycles. The van der Waals surface area contributed by atoms with Gasteiger partial charge in [-0.05, 0) is 37.1 Å². The molecule has 0 saturated heterocycles. The van der Waals surface area contributed by atoms with Gasteiger partial charge < -0.3 is 10.2 Å². The number of nitrogens with zero attached hydrogens (tertiary/aromatic N) is 1. The van der Waals surface area contributed by atoms with Crippen LogP contribution in [0.15, 0.2) is 59.5 Å². The molecule has 27 heavy (non-hydrogen) atoms. The van der Waals surface area contributed by atoms with Crippen molar-refractivity contribution in [3.05, 3.63) is 65.2 Å². The second-order valence-corrected chi connectivity index (χ2v) is 7.64. The van der Waals surface area contributed by atoms with Crippen LogP contribution < -0.4 is 5.32 Å². The standard InChI is InChI=1S/C21H25ClN2O2S/c1-3-13-23-21(26)16(2)24(14-17-9-7-8-12-19(17)22)20(25)15-27-18-10-5-4-6-11-18/h4-12,16H,3,13-15H2,1-2H3,(H,23,26)/t16-/m0/s1. The molecule has 1 N–H and O–H groups in total. The van der Waals surface area contributed by atoms with E-state index in [9.17, 15) is 9.59 Å². The van der Waals surface area contributed by atoms with Crippen LogP contribution >= 0.6 is 23.4 Å². The van der Waals surface area contributed by atoms with Crippen molar-refractivity contribution in [2.24, 2.45) is 0 Å². The first-order valence-corrected chi connectivity index (χ1v) is 10.4.